The van der Waals surface area contributed by atoms with Crippen LogP contribution in [0.3, 0.4) is 0 Å². The van der Waals surface area contributed by atoms with Gasteiger partial charge in [0, 0.05) is 29.8 Å². The van der Waals surface area contributed by atoms with Gasteiger partial charge in [0.1, 0.15) is 5.82 Å². The van der Waals surface area contributed by atoms with Crippen LogP contribution in [-0.4, -0.2) is 45.0 Å². The largest absolute Gasteiger partial charge is 0.504 e. The summed E-state index contributed by atoms with van der Waals surface area (Å²) >= 11 is 7.80. The summed E-state index contributed by atoms with van der Waals surface area (Å²) in [6, 6.07) is 13.5. The Labute approximate surface area is 204 Å². The summed E-state index contributed by atoms with van der Waals surface area (Å²) in [6.07, 6.45) is 3.97. The minimum atomic E-state index is 0.172. The third kappa shape index (κ3) is 5.91. The van der Waals surface area contributed by atoms with E-state index in [1.54, 1.807) is 24.9 Å². The Morgan fingerprint density at radius 1 is 1.18 bits per heavy atom. The highest BCUT2D eigenvalue weighted by atomic mass is 35.5. The topological polar surface area (TPSA) is 63.4 Å². The van der Waals surface area contributed by atoms with Crippen LogP contribution in [0.4, 0.5) is 0 Å². The summed E-state index contributed by atoms with van der Waals surface area (Å²) in [6.45, 7) is 7.44. The summed E-state index contributed by atoms with van der Waals surface area (Å²) in [5.74, 6) is 2.91. The van der Waals surface area contributed by atoms with Gasteiger partial charge in [-0.05, 0) is 61.3 Å². The molecule has 0 amide bonds. The highest BCUT2D eigenvalue weighted by Gasteiger charge is 2.26. The smallest absolute Gasteiger partial charge is 0.191 e. The molecule has 33 heavy (non-hydrogen) atoms. The molecule has 1 saturated heterocycles. The van der Waals surface area contributed by atoms with Gasteiger partial charge in [0.15, 0.2) is 16.7 Å². The van der Waals surface area contributed by atoms with Gasteiger partial charge in [-0.2, -0.15) is 0 Å². The van der Waals surface area contributed by atoms with Gasteiger partial charge in [-0.1, -0.05) is 47.6 Å². The highest BCUT2D eigenvalue weighted by molar-refractivity contribution is 7.98. The lowest BCUT2D eigenvalue weighted by atomic mass is 9.95. The second kappa shape index (κ2) is 11.1. The minimum absolute atomic E-state index is 0.172. The van der Waals surface area contributed by atoms with Gasteiger partial charge in [-0.3, -0.25) is 4.90 Å². The zero-order valence-corrected chi connectivity index (χ0v) is 20.4. The number of phenolic OH excluding ortho intramolecular Hbond substituents is 1. The van der Waals surface area contributed by atoms with Crippen molar-refractivity contribution in [3.63, 3.8) is 0 Å². The molecule has 0 atom stereocenters. The number of halogens is 1. The maximum absolute atomic E-state index is 9.82. The number of benzene rings is 2. The zero-order chi connectivity index (χ0) is 23.2. The standard InChI is InChI=1S/C25H29ClN4O2S/c1-3-11-30-24(27-28-25(30)33-17-19-5-4-6-21(26)14-19)20-9-12-29(13-10-20)16-18-7-8-22(31)23(15-18)32-2/h3-8,14-15,20,31H,1,9-13,16-17H2,2H3. The number of rotatable bonds is 9. The Hall–Kier alpha value is -2.48. The van der Waals surface area contributed by atoms with E-state index in [0.717, 1.165) is 59.8 Å². The van der Waals surface area contributed by atoms with Crippen molar-refractivity contribution >= 4 is 23.4 Å². The van der Waals surface area contributed by atoms with Gasteiger partial charge in [-0.25, -0.2) is 0 Å². The Morgan fingerprint density at radius 2 is 2.00 bits per heavy atom. The van der Waals surface area contributed by atoms with Crippen molar-refractivity contribution in [1.29, 1.82) is 0 Å². The fourth-order valence-corrected chi connectivity index (χ4v) is 5.32. The fourth-order valence-electron chi connectivity index (χ4n) is 4.21. The Kier molecular flexibility index (Phi) is 7.96. The monoisotopic (exact) mass is 484 g/mol. The maximum Gasteiger partial charge on any atom is 0.191 e. The quantitative estimate of drug-likeness (QED) is 0.319. The highest BCUT2D eigenvalue weighted by Crippen LogP contribution is 2.32. The van der Waals surface area contributed by atoms with E-state index in [4.69, 9.17) is 16.3 Å². The number of thioether (sulfide) groups is 1. The molecule has 4 rings (SSSR count). The van der Waals surface area contributed by atoms with E-state index in [1.165, 1.54) is 5.56 Å². The summed E-state index contributed by atoms with van der Waals surface area (Å²) < 4.78 is 7.44. The van der Waals surface area contributed by atoms with Crippen LogP contribution in [-0.2, 0) is 18.8 Å². The van der Waals surface area contributed by atoms with E-state index in [2.05, 4.69) is 32.3 Å². The van der Waals surface area contributed by atoms with Crippen molar-refractivity contribution in [2.75, 3.05) is 20.2 Å². The number of nitrogens with zero attached hydrogens (tertiary/aromatic N) is 4. The number of methoxy groups -OCH3 is 1. The van der Waals surface area contributed by atoms with Crippen LogP contribution < -0.4 is 4.74 Å². The van der Waals surface area contributed by atoms with E-state index < -0.39 is 0 Å². The number of piperidine rings is 1. The number of ether oxygens (including phenoxy) is 1. The molecule has 0 radical (unpaired) electrons. The third-order valence-corrected chi connectivity index (χ3v) is 7.19. The Morgan fingerprint density at radius 3 is 2.73 bits per heavy atom. The number of likely N-dealkylation sites (tertiary alicyclic amines) is 1. The normalized spacial score (nSPS) is 15.0. The number of hydrogen-bond acceptors (Lipinski definition) is 6. The Bertz CT molecular complexity index is 1100. The van der Waals surface area contributed by atoms with Crippen molar-refractivity contribution in [1.82, 2.24) is 19.7 Å². The Balaban J connectivity index is 1.39. The van der Waals surface area contributed by atoms with E-state index >= 15 is 0 Å². The lowest BCUT2D eigenvalue weighted by molar-refractivity contribution is 0.199. The van der Waals surface area contributed by atoms with Crippen LogP contribution in [0.15, 0.2) is 60.3 Å². The van der Waals surface area contributed by atoms with Crippen LogP contribution >= 0.6 is 23.4 Å². The van der Waals surface area contributed by atoms with Gasteiger partial charge in [-0.15, -0.1) is 16.8 Å². The molecular formula is C25H29ClN4O2S. The number of hydrogen-bond donors (Lipinski definition) is 1. The lowest BCUT2D eigenvalue weighted by Gasteiger charge is -2.31. The predicted octanol–water partition coefficient (Wildman–Crippen LogP) is 5.50. The summed E-state index contributed by atoms with van der Waals surface area (Å²) in [4.78, 5) is 2.44. The number of aromatic nitrogens is 3. The van der Waals surface area contributed by atoms with Crippen molar-refractivity contribution in [3.8, 4) is 11.5 Å². The van der Waals surface area contributed by atoms with E-state index in [0.29, 0.717) is 18.2 Å². The molecule has 174 valence electrons. The molecule has 1 fully saturated rings. The molecule has 2 heterocycles. The molecule has 0 spiro atoms. The summed E-state index contributed by atoms with van der Waals surface area (Å²) in [5.41, 5.74) is 2.30. The number of aromatic hydroxyl groups is 1. The minimum Gasteiger partial charge on any atom is -0.504 e. The van der Waals surface area contributed by atoms with Crippen molar-refractivity contribution in [2.45, 2.75) is 42.8 Å². The van der Waals surface area contributed by atoms with Gasteiger partial charge < -0.3 is 14.4 Å². The second-order valence-electron chi connectivity index (χ2n) is 8.22. The lowest BCUT2D eigenvalue weighted by Crippen LogP contribution is -2.33. The van der Waals surface area contributed by atoms with Crippen LogP contribution in [0.1, 0.15) is 35.7 Å². The average molecular weight is 485 g/mol. The number of allylic oxidation sites excluding steroid dienone is 1. The van der Waals surface area contributed by atoms with Gasteiger partial charge >= 0.3 is 0 Å². The molecule has 0 bridgehead atoms. The van der Waals surface area contributed by atoms with Gasteiger partial charge in [0.2, 0.25) is 0 Å². The zero-order valence-electron chi connectivity index (χ0n) is 18.8. The van der Waals surface area contributed by atoms with Gasteiger partial charge in [0.25, 0.3) is 0 Å². The van der Waals surface area contributed by atoms with Crippen LogP contribution in [0.5, 0.6) is 11.5 Å². The van der Waals surface area contributed by atoms with E-state index in [1.807, 2.05) is 36.4 Å². The first-order chi connectivity index (χ1) is 16.1. The van der Waals surface area contributed by atoms with Crippen LogP contribution in [0, 0.1) is 0 Å². The molecule has 6 nitrogen and oxygen atoms in total. The molecule has 1 aliphatic rings. The predicted molar refractivity (Wildman–Crippen MR) is 133 cm³/mol. The molecule has 0 aliphatic carbocycles. The summed E-state index contributed by atoms with van der Waals surface area (Å²) in [7, 11) is 1.57. The third-order valence-electron chi connectivity index (χ3n) is 5.92. The van der Waals surface area contributed by atoms with Crippen molar-refractivity contribution in [2.24, 2.45) is 0 Å². The average Bonchev–Trinajstić information content (AvgIpc) is 3.22. The SMILES string of the molecule is C=CCn1c(SCc2cccc(Cl)c2)nnc1C1CCN(Cc2ccc(O)c(OC)c2)CC1. The molecule has 1 aliphatic heterocycles. The molecule has 3 aromatic rings. The van der Waals surface area contributed by atoms with Crippen molar-refractivity contribution < 1.29 is 9.84 Å². The fraction of sp³-hybridized carbons (Fsp3) is 0.360. The molecule has 1 aromatic heterocycles. The maximum atomic E-state index is 9.82. The molecule has 0 saturated carbocycles. The molecule has 2 aromatic carbocycles. The molecular weight excluding hydrogens is 456 g/mol. The van der Waals surface area contributed by atoms with Crippen LogP contribution in [0.25, 0.3) is 0 Å². The molecule has 1 N–H and O–H groups in total. The second-order valence-corrected chi connectivity index (χ2v) is 9.59. The van der Waals surface area contributed by atoms with E-state index in [-0.39, 0.29) is 5.75 Å². The number of phenols is 1. The first-order valence-corrected chi connectivity index (χ1v) is 12.4. The molecule has 0 unspecified atom stereocenters. The summed E-state index contributed by atoms with van der Waals surface area (Å²) in [5, 5.41) is 20.6. The first kappa shape index (κ1) is 23.7. The van der Waals surface area contributed by atoms with E-state index in [9.17, 15) is 5.11 Å². The van der Waals surface area contributed by atoms with Crippen LogP contribution in [0.2, 0.25) is 5.02 Å². The van der Waals surface area contributed by atoms with Crippen molar-refractivity contribution in [3.05, 3.63) is 77.1 Å². The first-order valence-electron chi connectivity index (χ1n) is 11.1. The molecule has 8 heteroatoms. The van der Waals surface area contributed by atoms with Gasteiger partial charge in [0.05, 0.1) is 7.11 Å².